The Kier molecular flexibility index (Phi) is 3.35. The highest BCUT2D eigenvalue weighted by atomic mass is 16.5. The molecule has 1 N–H and O–H groups in total. The quantitative estimate of drug-likeness (QED) is 0.830. The number of ether oxygens (including phenoxy) is 1. The van der Waals surface area contributed by atoms with Crippen molar-refractivity contribution in [3.63, 3.8) is 0 Å². The van der Waals surface area contributed by atoms with E-state index in [4.69, 9.17) is 9.84 Å². The van der Waals surface area contributed by atoms with E-state index in [1.54, 1.807) is 14.0 Å². The Hall–Kier alpha value is -1.51. The van der Waals surface area contributed by atoms with Crippen molar-refractivity contribution in [2.24, 2.45) is 0 Å². The molecule has 0 bridgehead atoms. The standard InChI is InChI=1S/C12H16O3/c1-7-5-10(9(3)12(13)14)11(15-4)6-8(7)2/h5-6,9H,1-4H3,(H,13,14). The van der Waals surface area contributed by atoms with Gasteiger partial charge in [0.15, 0.2) is 0 Å². The van der Waals surface area contributed by atoms with Crippen molar-refractivity contribution >= 4 is 5.97 Å². The molecule has 0 spiro atoms. The Morgan fingerprint density at radius 3 is 2.33 bits per heavy atom. The lowest BCUT2D eigenvalue weighted by Gasteiger charge is -2.14. The van der Waals surface area contributed by atoms with Crippen LogP contribution in [0.2, 0.25) is 0 Å². The van der Waals surface area contributed by atoms with Gasteiger partial charge in [-0.25, -0.2) is 0 Å². The molecule has 0 aromatic heterocycles. The molecule has 1 aromatic rings. The number of benzene rings is 1. The second kappa shape index (κ2) is 4.34. The van der Waals surface area contributed by atoms with Crippen LogP contribution in [0, 0.1) is 13.8 Å². The van der Waals surface area contributed by atoms with Gasteiger partial charge in [-0.3, -0.25) is 4.79 Å². The number of aliphatic carboxylic acids is 1. The first-order valence-electron chi connectivity index (χ1n) is 4.85. The second-order valence-corrected chi connectivity index (χ2v) is 3.74. The highest BCUT2D eigenvalue weighted by Crippen LogP contribution is 2.29. The van der Waals surface area contributed by atoms with Crippen LogP contribution in [0.4, 0.5) is 0 Å². The third-order valence-corrected chi connectivity index (χ3v) is 2.68. The molecule has 0 heterocycles. The molecule has 0 saturated heterocycles. The summed E-state index contributed by atoms with van der Waals surface area (Å²) in [6.45, 7) is 5.61. The van der Waals surface area contributed by atoms with Crippen molar-refractivity contribution in [2.75, 3.05) is 7.11 Å². The molecule has 3 nitrogen and oxygen atoms in total. The van der Waals surface area contributed by atoms with Gasteiger partial charge in [0.2, 0.25) is 0 Å². The molecule has 0 fully saturated rings. The normalized spacial score (nSPS) is 12.3. The molecule has 1 rings (SSSR count). The summed E-state index contributed by atoms with van der Waals surface area (Å²) in [6.07, 6.45) is 0. The van der Waals surface area contributed by atoms with Gasteiger partial charge in [-0.15, -0.1) is 0 Å². The van der Waals surface area contributed by atoms with Gasteiger partial charge in [-0.2, -0.15) is 0 Å². The summed E-state index contributed by atoms with van der Waals surface area (Å²) in [5, 5.41) is 8.96. The smallest absolute Gasteiger partial charge is 0.310 e. The molecule has 0 aliphatic rings. The van der Waals surface area contributed by atoms with Crippen LogP contribution in [0.1, 0.15) is 29.5 Å². The van der Waals surface area contributed by atoms with Crippen LogP contribution >= 0.6 is 0 Å². The van der Waals surface area contributed by atoms with Gasteiger partial charge in [0.25, 0.3) is 0 Å². The molecule has 0 radical (unpaired) electrons. The monoisotopic (exact) mass is 208 g/mol. The number of hydrogen-bond acceptors (Lipinski definition) is 2. The first-order valence-corrected chi connectivity index (χ1v) is 4.85. The average molecular weight is 208 g/mol. The topological polar surface area (TPSA) is 46.5 Å². The third-order valence-electron chi connectivity index (χ3n) is 2.68. The zero-order valence-corrected chi connectivity index (χ0v) is 9.50. The summed E-state index contributed by atoms with van der Waals surface area (Å²) >= 11 is 0. The van der Waals surface area contributed by atoms with Crippen LogP contribution in [0.3, 0.4) is 0 Å². The van der Waals surface area contributed by atoms with E-state index in [0.29, 0.717) is 5.75 Å². The lowest BCUT2D eigenvalue weighted by atomic mass is 9.96. The summed E-state index contributed by atoms with van der Waals surface area (Å²) in [6, 6.07) is 3.76. The number of carboxylic acid groups (broad SMARTS) is 1. The van der Waals surface area contributed by atoms with Gasteiger partial charge in [-0.1, -0.05) is 6.07 Å². The van der Waals surface area contributed by atoms with Gasteiger partial charge < -0.3 is 9.84 Å². The van der Waals surface area contributed by atoms with Crippen molar-refractivity contribution in [1.29, 1.82) is 0 Å². The lowest BCUT2D eigenvalue weighted by molar-refractivity contribution is -0.138. The number of carbonyl (C=O) groups is 1. The van der Waals surface area contributed by atoms with Crippen molar-refractivity contribution in [2.45, 2.75) is 26.7 Å². The summed E-state index contributed by atoms with van der Waals surface area (Å²) < 4.78 is 5.19. The fraction of sp³-hybridized carbons (Fsp3) is 0.417. The Morgan fingerprint density at radius 1 is 1.33 bits per heavy atom. The first kappa shape index (κ1) is 11.6. The second-order valence-electron chi connectivity index (χ2n) is 3.74. The largest absolute Gasteiger partial charge is 0.496 e. The third kappa shape index (κ3) is 2.29. The number of methoxy groups -OCH3 is 1. The summed E-state index contributed by atoms with van der Waals surface area (Å²) in [4.78, 5) is 10.9. The first-order chi connectivity index (χ1) is 6.97. The molecule has 0 aliphatic heterocycles. The molecule has 0 aliphatic carbocycles. The van der Waals surface area contributed by atoms with E-state index in [9.17, 15) is 4.79 Å². The number of aryl methyl sites for hydroxylation is 2. The molecule has 1 aromatic carbocycles. The Labute approximate surface area is 89.7 Å². The minimum atomic E-state index is -0.837. The predicted molar refractivity (Wildman–Crippen MR) is 58.5 cm³/mol. The zero-order chi connectivity index (χ0) is 11.6. The average Bonchev–Trinajstić information content (AvgIpc) is 2.20. The SMILES string of the molecule is COc1cc(C)c(C)cc1C(C)C(=O)O. The maximum Gasteiger partial charge on any atom is 0.310 e. The van der Waals surface area contributed by atoms with Crippen LogP contribution in [0.5, 0.6) is 5.75 Å². The molecular formula is C12H16O3. The maximum atomic E-state index is 10.9. The van der Waals surface area contributed by atoms with Crippen molar-refractivity contribution < 1.29 is 14.6 Å². The fourth-order valence-corrected chi connectivity index (χ4v) is 1.46. The van der Waals surface area contributed by atoms with Crippen LogP contribution in [0.25, 0.3) is 0 Å². The highest BCUT2D eigenvalue weighted by molar-refractivity contribution is 5.77. The molecule has 1 atom stereocenters. The summed E-state index contributed by atoms with van der Waals surface area (Å²) in [5.74, 6) is -0.733. The van der Waals surface area contributed by atoms with Gasteiger partial charge in [-0.05, 0) is 38.0 Å². The van der Waals surface area contributed by atoms with Gasteiger partial charge >= 0.3 is 5.97 Å². The van der Waals surface area contributed by atoms with E-state index < -0.39 is 11.9 Å². The fourth-order valence-electron chi connectivity index (χ4n) is 1.46. The molecule has 3 heteroatoms. The zero-order valence-electron chi connectivity index (χ0n) is 9.50. The molecule has 82 valence electrons. The van der Waals surface area contributed by atoms with E-state index >= 15 is 0 Å². The van der Waals surface area contributed by atoms with Crippen LogP contribution in [-0.2, 0) is 4.79 Å². The number of carboxylic acids is 1. The van der Waals surface area contributed by atoms with E-state index in [2.05, 4.69) is 0 Å². The molecule has 1 unspecified atom stereocenters. The number of hydrogen-bond donors (Lipinski definition) is 1. The van der Waals surface area contributed by atoms with Crippen LogP contribution < -0.4 is 4.74 Å². The van der Waals surface area contributed by atoms with E-state index in [1.165, 1.54) is 0 Å². The van der Waals surface area contributed by atoms with E-state index in [-0.39, 0.29) is 0 Å². The summed E-state index contributed by atoms with van der Waals surface area (Å²) in [5.41, 5.74) is 2.92. The van der Waals surface area contributed by atoms with E-state index in [1.807, 2.05) is 26.0 Å². The minimum absolute atomic E-state index is 0.542. The van der Waals surface area contributed by atoms with Gasteiger partial charge in [0.05, 0.1) is 13.0 Å². The van der Waals surface area contributed by atoms with Crippen molar-refractivity contribution in [3.8, 4) is 5.75 Å². The molecule has 0 amide bonds. The van der Waals surface area contributed by atoms with Crippen molar-refractivity contribution in [3.05, 3.63) is 28.8 Å². The lowest BCUT2D eigenvalue weighted by Crippen LogP contribution is -2.09. The minimum Gasteiger partial charge on any atom is -0.496 e. The Bertz CT molecular complexity index is 383. The van der Waals surface area contributed by atoms with Crippen LogP contribution in [-0.4, -0.2) is 18.2 Å². The maximum absolute atomic E-state index is 10.9. The molecular weight excluding hydrogens is 192 g/mol. The Morgan fingerprint density at radius 2 is 1.87 bits per heavy atom. The Balaban J connectivity index is 3.27. The number of rotatable bonds is 3. The van der Waals surface area contributed by atoms with E-state index in [0.717, 1.165) is 16.7 Å². The summed E-state index contributed by atoms with van der Waals surface area (Å²) in [7, 11) is 1.56. The van der Waals surface area contributed by atoms with Crippen molar-refractivity contribution in [1.82, 2.24) is 0 Å². The molecule has 15 heavy (non-hydrogen) atoms. The predicted octanol–water partition coefficient (Wildman–Crippen LogP) is 2.50. The highest BCUT2D eigenvalue weighted by Gasteiger charge is 2.18. The van der Waals surface area contributed by atoms with Crippen LogP contribution in [0.15, 0.2) is 12.1 Å². The molecule has 0 saturated carbocycles. The van der Waals surface area contributed by atoms with Gasteiger partial charge in [0, 0.05) is 5.56 Å². The van der Waals surface area contributed by atoms with Gasteiger partial charge in [0.1, 0.15) is 5.75 Å².